The smallest absolute Gasteiger partial charge is 0.326 e. The molecule has 1 aromatic rings. The Morgan fingerprint density at radius 2 is 2.39 bits per heavy atom. The molecular weight excluding hydrogens is 250 g/mol. The van der Waals surface area contributed by atoms with E-state index in [0.717, 1.165) is 18.1 Å². The zero-order chi connectivity index (χ0) is 13.6. The molecule has 18 heavy (non-hydrogen) atoms. The minimum Gasteiger partial charge on any atom is -0.468 e. The summed E-state index contributed by atoms with van der Waals surface area (Å²) in [5.74, 6) is 0.350. The Bertz CT molecular complexity index is 394. The lowest BCUT2D eigenvalue weighted by Crippen LogP contribution is -2.52. The van der Waals surface area contributed by atoms with Crippen LogP contribution in [0.15, 0.2) is 17.6 Å². The lowest BCUT2D eigenvalue weighted by atomic mass is 10.1. The van der Waals surface area contributed by atoms with Crippen LogP contribution in [-0.4, -0.2) is 40.5 Å². The van der Waals surface area contributed by atoms with E-state index in [1.807, 2.05) is 24.7 Å². The number of rotatable bonds is 7. The predicted molar refractivity (Wildman–Crippen MR) is 72.6 cm³/mol. The maximum Gasteiger partial charge on any atom is 0.326 e. The van der Waals surface area contributed by atoms with Gasteiger partial charge < -0.3 is 14.6 Å². The van der Waals surface area contributed by atoms with Gasteiger partial charge in [0, 0.05) is 25.2 Å². The van der Waals surface area contributed by atoms with Crippen molar-refractivity contribution in [3.63, 3.8) is 0 Å². The minimum atomic E-state index is -0.679. The van der Waals surface area contributed by atoms with Crippen LogP contribution in [0.2, 0.25) is 0 Å². The summed E-state index contributed by atoms with van der Waals surface area (Å²) in [7, 11) is 3.35. The molecule has 0 fully saturated rings. The molecule has 1 rings (SSSR count). The number of hydrogen-bond donors (Lipinski definition) is 1. The Labute approximate surface area is 112 Å². The number of thioether (sulfide) groups is 1. The van der Waals surface area contributed by atoms with Gasteiger partial charge in [-0.1, -0.05) is 18.7 Å². The molecule has 6 heteroatoms. The van der Waals surface area contributed by atoms with E-state index in [2.05, 4.69) is 17.2 Å². The molecule has 1 N–H and O–H groups in total. The van der Waals surface area contributed by atoms with Gasteiger partial charge in [0.2, 0.25) is 0 Å². The number of methoxy groups -OCH3 is 1. The molecule has 5 nitrogen and oxygen atoms in total. The van der Waals surface area contributed by atoms with Crippen molar-refractivity contribution in [2.75, 3.05) is 19.4 Å². The van der Waals surface area contributed by atoms with E-state index in [4.69, 9.17) is 4.74 Å². The van der Waals surface area contributed by atoms with Crippen molar-refractivity contribution in [1.82, 2.24) is 14.9 Å². The van der Waals surface area contributed by atoms with E-state index in [-0.39, 0.29) is 5.97 Å². The summed E-state index contributed by atoms with van der Waals surface area (Å²) < 4.78 is 6.80. The molecule has 102 valence electrons. The summed E-state index contributed by atoms with van der Waals surface area (Å²) in [6.07, 6.45) is 4.61. The standard InChI is InChI=1S/C12H21N3O2S/c1-5-6-14-12(2,10(16)17-4)9-18-11-13-7-8-15(11)3/h7-8,14H,5-6,9H2,1-4H3. The molecule has 0 amide bonds. The van der Waals surface area contributed by atoms with Crippen LogP contribution in [0.1, 0.15) is 20.3 Å². The van der Waals surface area contributed by atoms with Crippen LogP contribution in [-0.2, 0) is 16.6 Å². The van der Waals surface area contributed by atoms with Gasteiger partial charge in [0.1, 0.15) is 5.54 Å². The third-order valence-corrected chi connectivity index (χ3v) is 4.04. The van der Waals surface area contributed by atoms with Crippen molar-refractivity contribution in [2.45, 2.75) is 31.0 Å². The highest BCUT2D eigenvalue weighted by Gasteiger charge is 2.34. The summed E-state index contributed by atoms with van der Waals surface area (Å²) in [5, 5.41) is 4.14. The zero-order valence-corrected chi connectivity index (χ0v) is 12.2. The second-order valence-electron chi connectivity index (χ2n) is 4.36. The number of carbonyl (C=O) groups excluding carboxylic acids is 1. The van der Waals surface area contributed by atoms with Gasteiger partial charge in [-0.2, -0.15) is 0 Å². The van der Waals surface area contributed by atoms with Gasteiger partial charge in [0.25, 0.3) is 0 Å². The number of hydrogen-bond acceptors (Lipinski definition) is 5. The molecule has 1 aromatic heterocycles. The van der Waals surface area contributed by atoms with Crippen LogP contribution in [0.25, 0.3) is 0 Å². The third-order valence-electron chi connectivity index (χ3n) is 2.67. The first-order chi connectivity index (χ1) is 8.53. The Balaban J connectivity index is 2.67. The summed E-state index contributed by atoms with van der Waals surface area (Å²) in [6.45, 7) is 4.72. The van der Waals surface area contributed by atoms with Gasteiger partial charge >= 0.3 is 5.97 Å². The molecular formula is C12H21N3O2S. The summed E-state index contributed by atoms with van der Waals surface area (Å²) in [4.78, 5) is 16.1. The number of esters is 1. The van der Waals surface area contributed by atoms with E-state index < -0.39 is 5.54 Å². The number of carbonyl (C=O) groups is 1. The van der Waals surface area contributed by atoms with Crippen LogP contribution in [0.4, 0.5) is 0 Å². The van der Waals surface area contributed by atoms with Crippen molar-refractivity contribution in [2.24, 2.45) is 7.05 Å². The number of imidazole rings is 1. The first-order valence-corrected chi connectivity index (χ1v) is 6.95. The SMILES string of the molecule is CCCNC(C)(CSc1nccn1C)C(=O)OC. The molecule has 1 unspecified atom stereocenters. The summed E-state index contributed by atoms with van der Waals surface area (Å²) in [6, 6.07) is 0. The zero-order valence-electron chi connectivity index (χ0n) is 11.4. The van der Waals surface area contributed by atoms with Gasteiger partial charge in [0.05, 0.1) is 7.11 Å². The Morgan fingerprint density at radius 3 is 2.89 bits per heavy atom. The fourth-order valence-electron chi connectivity index (χ4n) is 1.51. The summed E-state index contributed by atoms with van der Waals surface area (Å²) in [5.41, 5.74) is -0.679. The first-order valence-electron chi connectivity index (χ1n) is 5.97. The van der Waals surface area contributed by atoms with E-state index in [1.165, 1.54) is 7.11 Å². The number of nitrogens with zero attached hydrogens (tertiary/aromatic N) is 2. The molecule has 0 aliphatic heterocycles. The van der Waals surface area contributed by atoms with Crippen molar-refractivity contribution in [3.8, 4) is 0 Å². The van der Waals surface area contributed by atoms with Crippen LogP contribution in [0.3, 0.4) is 0 Å². The quantitative estimate of drug-likeness (QED) is 0.601. The van der Waals surface area contributed by atoms with Crippen molar-refractivity contribution < 1.29 is 9.53 Å². The van der Waals surface area contributed by atoms with Crippen LogP contribution in [0, 0.1) is 0 Å². The molecule has 1 atom stereocenters. The highest BCUT2D eigenvalue weighted by Crippen LogP contribution is 2.21. The number of aryl methyl sites for hydroxylation is 1. The molecule has 0 aliphatic carbocycles. The highest BCUT2D eigenvalue weighted by molar-refractivity contribution is 7.99. The average molecular weight is 271 g/mol. The lowest BCUT2D eigenvalue weighted by molar-refractivity contribution is -0.146. The monoisotopic (exact) mass is 271 g/mol. The number of aromatic nitrogens is 2. The Kier molecular flexibility index (Phi) is 5.68. The van der Waals surface area contributed by atoms with Gasteiger partial charge in [0.15, 0.2) is 5.16 Å². The highest BCUT2D eigenvalue weighted by atomic mass is 32.2. The van der Waals surface area contributed by atoms with Gasteiger partial charge in [-0.25, -0.2) is 4.98 Å². The summed E-state index contributed by atoms with van der Waals surface area (Å²) >= 11 is 1.54. The van der Waals surface area contributed by atoms with Crippen LogP contribution in [0.5, 0.6) is 0 Å². The molecule has 0 aromatic carbocycles. The normalized spacial score (nSPS) is 14.2. The largest absolute Gasteiger partial charge is 0.468 e. The first kappa shape index (κ1) is 15.0. The number of ether oxygens (including phenoxy) is 1. The average Bonchev–Trinajstić information content (AvgIpc) is 2.78. The fraction of sp³-hybridized carbons (Fsp3) is 0.667. The molecule has 1 heterocycles. The molecule has 0 radical (unpaired) electrons. The van der Waals surface area contributed by atoms with E-state index in [1.54, 1.807) is 18.0 Å². The maximum atomic E-state index is 11.9. The molecule has 0 saturated heterocycles. The van der Waals surface area contributed by atoms with Crippen molar-refractivity contribution in [3.05, 3.63) is 12.4 Å². The van der Waals surface area contributed by atoms with Gasteiger partial charge in [-0.3, -0.25) is 4.79 Å². The molecule has 0 aliphatic rings. The second kappa shape index (κ2) is 6.80. The van der Waals surface area contributed by atoms with Crippen LogP contribution >= 0.6 is 11.8 Å². The predicted octanol–water partition coefficient (Wildman–Crippen LogP) is 1.44. The fourth-order valence-corrected chi connectivity index (χ4v) is 2.55. The lowest BCUT2D eigenvalue weighted by Gasteiger charge is -2.27. The second-order valence-corrected chi connectivity index (χ2v) is 5.30. The van der Waals surface area contributed by atoms with E-state index in [9.17, 15) is 4.79 Å². The molecule has 0 saturated carbocycles. The Morgan fingerprint density at radius 1 is 1.67 bits per heavy atom. The van der Waals surface area contributed by atoms with Crippen molar-refractivity contribution in [1.29, 1.82) is 0 Å². The van der Waals surface area contributed by atoms with E-state index >= 15 is 0 Å². The Hall–Kier alpha value is -1.01. The number of nitrogens with one attached hydrogen (secondary N) is 1. The molecule has 0 spiro atoms. The maximum absolute atomic E-state index is 11.9. The van der Waals surface area contributed by atoms with Gasteiger partial charge in [-0.15, -0.1) is 0 Å². The minimum absolute atomic E-state index is 0.238. The third kappa shape index (κ3) is 3.74. The van der Waals surface area contributed by atoms with E-state index in [0.29, 0.717) is 5.75 Å². The molecule has 0 bridgehead atoms. The van der Waals surface area contributed by atoms with Crippen molar-refractivity contribution >= 4 is 17.7 Å². The van der Waals surface area contributed by atoms with Crippen LogP contribution < -0.4 is 5.32 Å². The van der Waals surface area contributed by atoms with Gasteiger partial charge in [-0.05, 0) is 19.9 Å². The topological polar surface area (TPSA) is 56.2 Å².